The number of methoxy groups -OCH3 is 2. The molecule has 1 heterocycles. The van der Waals surface area contributed by atoms with Crippen LogP contribution in [0.15, 0.2) is 27.1 Å². The van der Waals surface area contributed by atoms with Crippen LogP contribution in [0.2, 0.25) is 0 Å². The van der Waals surface area contributed by atoms with Gasteiger partial charge < -0.3 is 15.2 Å². The minimum atomic E-state index is 0.472. The highest BCUT2D eigenvalue weighted by Gasteiger charge is 2.08. The number of nitrogens with zero attached hydrogens (tertiary/aromatic N) is 2. The zero-order valence-electron chi connectivity index (χ0n) is 10.9. The molecule has 0 aliphatic carbocycles. The van der Waals surface area contributed by atoms with Crippen LogP contribution < -0.4 is 20.6 Å². The van der Waals surface area contributed by atoms with Gasteiger partial charge in [-0.25, -0.2) is 4.98 Å². The van der Waals surface area contributed by atoms with E-state index in [1.165, 1.54) is 11.3 Å². The molecule has 20 heavy (non-hydrogen) atoms. The third-order valence-electron chi connectivity index (χ3n) is 2.36. The number of ether oxygens (including phenoxy) is 2. The van der Waals surface area contributed by atoms with E-state index in [1.54, 1.807) is 25.8 Å². The number of nitrogen functional groups attached to an aromatic ring is 1. The van der Waals surface area contributed by atoms with E-state index in [4.69, 9.17) is 15.2 Å². The van der Waals surface area contributed by atoms with E-state index in [0.717, 1.165) is 10.0 Å². The van der Waals surface area contributed by atoms with Crippen LogP contribution in [0.5, 0.6) is 11.5 Å². The van der Waals surface area contributed by atoms with Crippen molar-refractivity contribution in [3.8, 4) is 11.5 Å². The number of nitrogens with one attached hydrogen (secondary N) is 1. The fourth-order valence-corrected chi connectivity index (χ4v) is 2.56. The molecule has 6 nitrogen and oxygen atoms in total. The Bertz CT molecular complexity index is 605. The Balaban J connectivity index is 2.16. The number of hydrogen-bond acceptors (Lipinski definition) is 7. The van der Waals surface area contributed by atoms with E-state index in [0.29, 0.717) is 22.4 Å². The lowest BCUT2D eigenvalue weighted by atomic mass is 10.2. The molecular formula is C12H13BrN4O2S. The van der Waals surface area contributed by atoms with Crippen LogP contribution in [0.4, 0.5) is 10.9 Å². The highest BCUT2D eigenvalue weighted by Crippen LogP contribution is 2.35. The first-order valence-corrected chi connectivity index (χ1v) is 7.23. The van der Waals surface area contributed by atoms with Crippen LogP contribution in [0.1, 0.15) is 5.56 Å². The van der Waals surface area contributed by atoms with Gasteiger partial charge in [-0.15, -0.1) is 11.3 Å². The maximum Gasteiger partial charge on any atom is 0.205 e. The Morgan fingerprint density at radius 3 is 2.50 bits per heavy atom. The standard InChI is InChI=1S/C12H13BrN4O2S/c1-18-8-3-7(4-9(19-2)11(8)13)5-15-17-12-16-10(14)6-20-12/h3-6H,14H2,1-2H3,(H,16,17). The summed E-state index contributed by atoms with van der Waals surface area (Å²) in [6.45, 7) is 0. The van der Waals surface area contributed by atoms with Crippen molar-refractivity contribution in [3.63, 3.8) is 0 Å². The quantitative estimate of drug-likeness (QED) is 0.635. The number of halogens is 1. The predicted molar refractivity (Wildman–Crippen MR) is 85.0 cm³/mol. The molecule has 0 saturated heterocycles. The number of hydrogen-bond donors (Lipinski definition) is 2. The first kappa shape index (κ1) is 14.6. The van der Waals surface area contributed by atoms with Gasteiger partial charge in [0.25, 0.3) is 0 Å². The third kappa shape index (κ3) is 3.40. The van der Waals surface area contributed by atoms with Gasteiger partial charge in [0.1, 0.15) is 21.8 Å². The van der Waals surface area contributed by atoms with Crippen molar-refractivity contribution in [2.75, 3.05) is 25.4 Å². The number of hydrazone groups is 1. The molecule has 0 atom stereocenters. The molecule has 106 valence electrons. The van der Waals surface area contributed by atoms with Crippen molar-refractivity contribution < 1.29 is 9.47 Å². The number of aromatic nitrogens is 1. The van der Waals surface area contributed by atoms with Gasteiger partial charge in [0.05, 0.1) is 20.4 Å². The van der Waals surface area contributed by atoms with Crippen molar-refractivity contribution in [2.24, 2.45) is 5.10 Å². The largest absolute Gasteiger partial charge is 0.495 e. The average Bonchev–Trinajstić information content (AvgIpc) is 2.86. The zero-order chi connectivity index (χ0) is 14.5. The molecule has 0 amide bonds. The van der Waals surface area contributed by atoms with Gasteiger partial charge >= 0.3 is 0 Å². The summed E-state index contributed by atoms with van der Waals surface area (Å²) >= 11 is 4.80. The number of anilines is 2. The second-order valence-corrected chi connectivity index (χ2v) is 5.34. The Morgan fingerprint density at radius 2 is 2.00 bits per heavy atom. The van der Waals surface area contributed by atoms with Crippen molar-refractivity contribution in [3.05, 3.63) is 27.5 Å². The van der Waals surface area contributed by atoms with Crippen LogP contribution in [0.3, 0.4) is 0 Å². The van der Waals surface area contributed by atoms with Crippen LogP contribution >= 0.6 is 27.3 Å². The lowest BCUT2D eigenvalue weighted by Crippen LogP contribution is -1.95. The second-order valence-electron chi connectivity index (χ2n) is 3.69. The highest BCUT2D eigenvalue weighted by atomic mass is 79.9. The summed E-state index contributed by atoms with van der Waals surface area (Å²) in [5.74, 6) is 1.81. The summed E-state index contributed by atoms with van der Waals surface area (Å²) in [4.78, 5) is 4.04. The minimum absolute atomic E-state index is 0.472. The van der Waals surface area contributed by atoms with Gasteiger partial charge in [0, 0.05) is 10.9 Å². The number of nitrogens with two attached hydrogens (primary N) is 1. The normalized spacial score (nSPS) is 10.8. The number of benzene rings is 1. The first-order chi connectivity index (χ1) is 9.63. The summed E-state index contributed by atoms with van der Waals surface area (Å²) in [6.07, 6.45) is 1.65. The van der Waals surface area contributed by atoms with Gasteiger partial charge in [0.2, 0.25) is 5.13 Å². The molecule has 0 radical (unpaired) electrons. The first-order valence-electron chi connectivity index (χ1n) is 5.55. The Kier molecular flexibility index (Phi) is 4.80. The third-order valence-corrected chi connectivity index (χ3v) is 3.91. The summed E-state index contributed by atoms with van der Waals surface area (Å²) < 4.78 is 11.3. The maximum atomic E-state index is 5.52. The molecule has 1 aromatic heterocycles. The van der Waals surface area contributed by atoms with Crippen molar-refractivity contribution in [2.45, 2.75) is 0 Å². The van der Waals surface area contributed by atoms with Gasteiger partial charge in [-0.05, 0) is 28.1 Å². The molecular weight excluding hydrogens is 344 g/mol. The minimum Gasteiger partial charge on any atom is -0.495 e. The summed E-state index contributed by atoms with van der Waals surface area (Å²) in [5.41, 5.74) is 9.16. The van der Waals surface area contributed by atoms with E-state index in [9.17, 15) is 0 Å². The van der Waals surface area contributed by atoms with Gasteiger partial charge in [-0.3, -0.25) is 5.43 Å². The lowest BCUT2D eigenvalue weighted by Gasteiger charge is -2.09. The Hall–Kier alpha value is -1.80. The molecule has 0 fully saturated rings. The summed E-state index contributed by atoms with van der Waals surface area (Å²) in [6, 6.07) is 3.68. The summed E-state index contributed by atoms with van der Waals surface area (Å²) in [5, 5.41) is 6.47. The number of rotatable bonds is 5. The fraction of sp³-hybridized carbons (Fsp3) is 0.167. The number of thiazole rings is 1. The van der Waals surface area contributed by atoms with Crippen molar-refractivity contribution >= 4 is 44.4 Å². The molecule has 0 saturated carbocycles. The Labute approximate surface area is 128 Å². The van der Waals surface area contributed by atoms with E-state index in [2.05, 4.69) is 31.4 Å². The Morgan fingerprint density at radius 1 is 1.35 bits per heavy atom. The van der Waals surface area contributed by atoms with E-state index >= 15 is 0 Å². The molecule has 0 aliphatic heterocycles. The van der Waals surface area contributed by atoms with E-state index in [-0.39, 0.29) is 0 Å². The van der Waals surface area contributed by atoms with Crippen molar-refractivity contribution in [1.29, 1.82) is 0 Å². The molecule has 2 rings (SSSR count). The molecule has 3 N–H and O–H groups in total. The second kappa shape index (κ2) is 6.58. The van der Waals surface area contributed by atoms with Gasteiger partial charge in [-0.2, -0.15) is 5.10 Å². The zero-order valence-corrected chi connectivity index (χ0v) is 13.3. The molecule has 2 aromatic rings. The smallest absolute Gasteiger partial charge is 0.205 e. The maximum absolute atomic E-state index is 5.52. The van der Waals surface area contributed by atoms with Crippen LogP contribution in [-0.2, 0) is 0 Å². The molecule has 1 aromatic carbocycles. The van der Waals surface area contributed by atoms with Gasteiger partial charge in [0.15, 0.2) is 0 Å². The fourth-order valence-electron chi connectivity index (χ4n) is 1.46. The van der Waals surface area contributed by atoms with Crippen LogP contribution in [0, 0.1) is 0 Å². The molecule has 0 spiro atoms. The molecule has 0 aliphatic rings. The van der Waals surface area contributed by atoms with Crippen LogP contribution in [0.25, 0.3) is 0 Å². The molecule has 8 heteroatoms. The average molecular weight is 357 g/mol. The predicted octanol–water partition coefficient (Wildman–Crippen LogP) is 2.95. The summed E-state index contributed by atoms with van der Waals surface area (Å²) in [7, 11) is 3.19. The molecule has 0 unspecified atom stereocenters. The van der Waals surface area contributed by atoms with E-state index < -0.39 is 0 Å². The van der Waals surface area contributed by atoms with Crippen molar-refractivity contribution in [1.82, 2.24) is 4.98 Å². The van der Waals surface area contributed by atoms with Crippen LogP contribution in [-0.4, -0.2) is 25.4 Å². The lowest BCUT2D eigenvalue weighted by molar-refractivity contribution is 0.389. The topological polar surface area (TPSA) is 81.8 Å². The van der Waals surface area contributed by atoms with Gasteiger partial charge in [-0.1, -0.05) is 0 Å². The highest BCUT2D eigenvalue weighted by molar-refractivity contribution is 9.10. The SMILES string of the molecule is COc1cc(C=NNc2nc(N)cs2)cc(OC)c1Br. The molecule has 0 bridgehead atoms. The van der Waals surface area contributed by atoms with E-state index in [1.807, 2.05) is 12.1 Å². The monoisotopic (exact) mass is 356 g/mol.